The Kier molecular flexibility index (Phi) is 1.33. The Bertz CT molecular complexity index is 429. The smallest absolute Gasteiger partial charge is 0.153 e. The summed E-state index contributed by atoms with van der Waals surface area (Å²) >= 11 is 0. The Morgan fingerprint density at radius 2 is 2.17 bits per heavy atom. The van der Waals surface area contributed by atoms with Crippen molar-refractivity contribution >= 4 is 16.7 Å². The summed E-state index contributed by atoms with van der Waals surface area (Å²) in [5, 5.41) is 5.16. The fourth-order valence-corrected chi connectivity index (χ4v) is 1.40. The van der Waals surface area contributed by atoms with E-state index in [2.05, 4.69) is 18.1 Å². The Labute approximate surface area is 70.8 Å². The van der Waals surface area contributed by atoms with Crippen LogP contribution < -0.4 is 5.73 Å². The molecule has 1 heterocycles. The van der Waals surface area contributed by atoms with E-state index in [9.17, 15) is 0 Å². The van der Waals surface area contributed by atoms with Crippen molar-refractivity contribution < 1.29 is 0 Å². The summed E-state index contributed by atoms with van der Waals surface area (Å²) in [6.45, 7) is 2.06. The number of aromatic nitrogens is 2. The van der Waals surface area contributed by atoms with Gasteiger partial charge in [-0.05, 0) is 24.6 Å². The van der Waals surface area contributed by atoms with E-state index in [0.717, 1.165) is 10.9 Å². The maximum Gasteiger partial charge on any atom is 0.153 e. The molecule has 2 rings (SSSR count). The maximum absolute atomic E-state index is 5.70. The van der Waals surface area contributed by atoms with Crippen LogP contribution in [-0.4, -0.2) is 9.78 Å². The molecular formula is C9H11N3. The van der Waals surface area contributed by atoms with E-state index in [0.29, 0.717) is 5.82 Å². The molecule has 12 heavy (non-hydrogen) atoms. The lowest BCUT2D eigenvalue weighted by Gasteiger charge is -1.94. The third-order valence-electron chi connectivity index (χ3n) is 2.04. The zero-order chi connectivity index (χ0) is 8.72. The summed E-state index contributed by atoms with van der Waals surface area (Å²) in [4.78, 5) is 0. The molecule has 0 aliphatic rings. The Morgan fingerprint density at radius 3 is 2.92 bits per heavy atom. The van der Waals surface area contributed by atoms with Crippen LogP contribution in [0.25, 0.3) is 10.9 Å². The highest BCUT2D eigenvalue weighted by molar-refractivity contribution is 5.89. The summed E-state index contributed by atoms with van der Waals surface area (Å²) in [6, 6.07) is 6.13. The van der Waals surface area contributed by atoms with Crippen LogP contribution in [0.1, 0.15) is 5.56 Å². The molecular weight excluding hydrogens is 150 g/mol. The first-order valence-corrected chi connectivity index (χ1v) is 3.87. The van der Waals surface area contributed by atoms with Crippen LogP contribution in [0.15, 0.2) is 18.2 Å². The molecule has 3 heteroatoms. The number of aryl methyl sites for hydroxylation is 2. The van der Waals surface area contributed by atoms with Crippen molar-refractivity contribution in [3.05, 3.63) is 23.8 Å². The van der Waals surface area contributed by atoms with Gasteiger partial charge in [0.1, 0.15) is 0 Å². The number of fused-ring (bicyclic) bond motifs is 1. The largest absolute Gasteiger partial charge is 0.382 e. The summed E-state index contributed by atoms with van der Waals surface area (Å²) in [5.41, 5.74) is 8.01. The van der Waals surface area contributed by atoms with E-state index < -0.39 is 0 Å². The number of hydrogen-bond acceptors (Lipinski definition) is 2. The minimum atomic E-state index is 0.604. The standard InChI is InChI=1S/C9H11N3/c1-6-3-4-7-8(5-6)12(2)11-9(7)10/h3-5H,1-2H3,(H2,10,11). The third kappa shape index (κ3) is 0.863. The molecule has 0 aliphatic carbocycles. The average Bonchev–Trinajstić information content (AvgIpc) is 2.28. The van der Waals surface area contributed by atoms with Gasteiger partial charge in [0.15, 0.2) is 5.82 Å². The Hall–Kier alpha value is -1.51. The van der Waals surface area contributed by atoms with Crippen molar-refractivity contribution in [2.75, 3.05) is 5.73 Å². The monoisotopic (exact) mass is 161 g/mol. The molecule has 1 aromatic carbocycles. The zero-order valence-electron chi connectivity index (χ0n) is 7.20. The maximum atomic E-state index is 5.70. The predicted molar refractivity (Wildman–Crippen MR) is 49.9 cm³/mol. The molecule has 3 nitrogen and oxygen atoms in total. The Balaban J connectivity index is 2.90. The van der Waals surface area contributed by atoms with Crippen LogP contribution in [-0.2, 0) is 7.05 Å². The Morgan fingerprint density at radius 1 is 1.42 bits per heavy atom. The van der Waals surface area contributed by atoms with Gasteiger partial charge in [-0.15, -0.1) is 0 Å². The van der Waals surface area contributed by atoms with E-state index in [4.69, 9.17) is 5.73 Å². The number of nitrogens with zero attached hydrogens (tertiary/aromatic N) is 2. The molecule has 0 unspecified atom stereocenters. The average molecular weight is 161 g/mol. The summed E-state index contributed by atoms with van der Waals surface area (Å²) in [6.07, 6.45) is 0. The van der Waals surface area contributed by atoms with Crippen molar-refractivity contribution in [2.24, 2.45) is 7.05 Å². The molecule has 1 aromatic heterocycles. The van der Waals surface area contributed by atoms with Crippen molar-refractivity contribution in [1.82, 2.24) is 9.78 Å². The summed E-state index contributed by atoms with van der Waals surface area (Å²) in [7, 11) is 1.90. The third-order valence-corrected chi connectivity index (χ3v) is 2.04. The van der Waals surface area contributed by atoms with Gasteiger partial charge in [-0.1, -0.05) is 6.07 Å². The van der Waals surface area contributed by atoms with Gasteiger partial charge in [0.2, 0.25) is 0 Å². The number of hydrogen-bond donors (Lipinski definition) is 1. The van der Waals surface area contributed by atoms with Gasteiger partial charge >= 0.3 is 0 Å². The minimum Gasteiger partial charge on any atom is -0.382 e. The van der Waals surface area contributed by atoms with Crippen molar-refractivity contribution in [1.29, 1.82) is 0 Å². The fraction of sp³-hybridized carbons (Fsp3) is 0.222. The van der Waals surface area contributed by atoms with Gasteiger partial charge in [-0.2, -0.15) is 5.10 Å². The van der Waals surface area contributed by atoms with Gasteiger partial charge in [0, 0.05) is 12.4 Å². The van der Waals surface area contributed by atoms with Gasteiger partial charge in [-0.3, -0.25) is 4.68 Å². The molecule has 0 saturated carbocycles. The van der Waals surface area contributed by atoms with Crippen LogP contribution in [0.5, 0.6) is 0 Å². The van der Waals surface area contributed by atoms with E-state index in [1.54, 1.807) is 4.68 Å². The van der Waals surface area contributed by atoms with E-state index in [1.165, 1.54) is 5.56 Å². The molecule has 0 fully saturated rings. The zero-order valence-corrected chi connectivity index (χ0v) is 7.20. The molecule has 0 radical (unpaired) electrons. The second-order valence-corrected chi connectivity index (χ2v) is 3.03. The SMILES string of the molecule is Cc1ccc2c(N)nn(C)c2c1. The van der Waals surface area contributed by atoms with Crippen LogP contribution in [0.2, 0.25) is 0 Å². The normalized spacial score (nSPS) is 10.8. The number of benzene rings is 1. The highest BCUT2D eigenvalue weighted by Crippen LogP contribution is 2.20. The summed E-state index contributed by atoms with van der Waals surface area (Å²) in [5.74, 6) is 0.604. The van der Waals surface area contributed by atoms with E-state index >= 15 is 0 Å². The van der Waals surface area contributed by atoms with Crippen molar-refractivity contribution in [3.63, 3.8) is 0 Å². The van der Waals surface area contributed by atoms with Gasteiger partial charge in [0.25, 0.3) is 0 Å². The van der Waals surface area contributed by atoms with Crippen molar-refractivity contribution in [2.45, 2.75) is 6.92 Å². The topological polar surface area (TPSA) is 43.8 Å². The lowest BCUT2D eigenvalue weighted by Crippen LogP contribution is -1.91. The number of nitrogens with two attached hydrogens (primary N) is 1. The molecule has 0 amide bonds. The quantitative estimate of drug-likeness (QED) is 0.635. The number of rotatable bonds is 0. The van der Waals surface area contributed by atoms with Crippen LogP contribution in [0.3, 0.4) is 0 Å². The van der Waals surface area contributed by atoms with Crippen molar-refractivity contribution in [3.8, 4) is 0 Å². The van der Waals surface area contributed by atoms with E-state index in [-0.39, 0.29) is 0 Å². The highest BCUT2D eigenvalue weighted by atomic mass is 15.3. The fourth-order valence-electron chi connectivity index (χ4n) is 1.40. The predicted octanol–water partition coefficient (Wildman–Crippen LogP) is 1.46. The minimum absolute atomic E-state index is 0.604. The molecule has 2 N–H and O–H groups in total. The molecule has 0 atom stereocenters. The number of anilines is 1. The molecule has 0 spiro atoms. The molecule has 0 aliphatic heterocycles. The van der Waals surface area contributed by atoms with Gasteiger partial charge < -0.3 is 5.73 Å². The lowest BCUT2D eigenvalue weighted by molar-refractivity contribution is 0.802. The summed E-state index contributed by atoms with van der Waals surface area (Å²) < 4.78 is 1.80. The number of nitrogen functional groups attached to an aromatic ring is 1. The van der Waals surface area contributed by atoms with Crippen LogP contribution in [0.4, 0.5) is 5.82 Å². The first-order valence-electron chi connectivity index (χ1n) is 3.87. The van der Waals surface area contributed by atoms with Crippen LogP contribution in [0, 0.1) is 6.92 Å². The molecule has 0 bridgehead atoms. The second kappa shape index (κ2) is 2.24. The molecule has 2 aromatic rings. The van der Waals surface area contributed by atoms with Gasteiger partial charge in [0.05, 0.1) is 5.52 Å². The van der Waals surface area contributed by atoms with E-state index in [1.807, 2.05) is 19.2 Å². The molecule has 62 valence electrons. The highest BCUT2D eigenvalue weighted by Gasteiger charge is 2.03. The van der Waals surface area contributed by atoms with Crippen LogP contribution >= 0.6 is 0 Å². The van der Waals surface area contributed by atoms with Gasteiger partial charge in [-0.25, -0.2) is 0 Å². The molecule has 0 saturated heterocycles. The first kappa shape index (κ1) is 7.16. The first-order chi connectivity index (χ1) is 5.68. The lowest BCUT2D eigenvalue weighted by atomic mass is 10.2. The second-order valence-electron chi connectivity index (χ2n) is 3.03.